The average Bonchev–Trinajstić information content (AvgIpc) is 2.84. The third-order valence-electron chi connectivity index (χ3n) is 3.07. The molecule has 0 bridgehead atoms. The number of nitrogens with one attached hydrogen (secondary N) is 1. The van der Waals surface area contributed by atoms with Gasteiger partial charge in [0.2, 0.25) is 10.0 Å². The molecular weight excluding hydrogens is 288 g/mol. The molecule has 1 aromatic carbocycles. The summed E-state index contributed by atoms with van der Waals surface area (Å²) in [4.78, 5) is 0.146. The van der Waals surface area contributed by atoms with Crippen molar-refractivity contribution in [1.82, 2.24) is 14.5 Å². The molecule has 2 aromatic rings. The zero-order chi connectivity index (χ0) is 15.5. The molecule has 2 rings (SSSR count). The largest absolute Gasteiger partial charge is 0.276 e. The maximum Gasteiger partial charge on any atom is 0.240 e. The highest BCUT2D eigenvalue weighted by atomic mass is 32.2. The van der Waals surface area contributed by atoms with Gasteiger partial charge in [0.15, 0.2) is 0 Å². The van der Waals surface area contributed by atoms with Gasteiger partial charge < -0.3 is 0 Å². The minimum atomic E-state index is -3.62. The fourth-order valence-electron chi connectivity index (χ4n) is 1.97. The van der Waals surface area contributed by atoms with Crippen molar-refractivity contribution in [2.24, 2.45) is 7.05 Å². The maximum atomic E-state index is 12.3. The topological polar surface area (TPSA) is 87.8 Å². The molecule has 0 fully saturated rings. The third kappa shape index (κ3) is 3.68. The fraction of sp³-hybridized carbons (Fsp3) is 0.286. The molecular formula is C14H16N4O2S. The molecule has 0 aliphatic carbocycles. The minimum absolute atomic E-state index is 0.146. The van der Waals surface area contributed by atoms with Gasteiger partial charge in [-0.3, -0.25) is 4.68 Å². The van der Waals surface area contributed by atoms with Crippen molar-refractivity contribution >= 4 is 10.0 Å². The fourth-order valence-corrected chi connectivity index (χ4v) is 3.27. The Balaban J connectivity index is 2.10. The first-order chi connectivity index (χ1) is 9.92. The van der Waals surface area contributed by atoms with Gasteiger partial charge >= 0.3 is 0 Å². The van der Waals surface area contributed by atoms with E-state index in [4.69, 9.17) is 5.26 Å². The van der Waals surface area contributed by atoms with Crippen LogP contribution in [0.3, 0.4) is 0 Å². The molecule has 6 nitrogen and oxygen atoms in total. The predicted molar refractivity (Wildman–Crippen MR) is 78.0 cm³/mol. The smallest absolute Gasteiger partial charge is 0.240 e. The summed E-state index contributed by atoms with van der Waals surface area (Å²) in [6, 6.07) is 6.57. The number of hydrogen-bond acceptors (Lipinski definition) is 4. The summed E-state index contributed by atoms with van der Waals surface area (Å²) in [5.74, 6) is 0. The monoisotopic (exact) mass is 304 g/mol. The first-order valence-corrected chi connectivity index (χ1v) is 7.88. The van der Waals surface area contributed by atoms with Crippen molar-refractivity contribution in [3.63, 3.8) is 0 Å². The second-order valence-electron chi connectivity index (χ2n) is 4.76. The summed E-state index contributed by atoms with van der Waals surface area (Å²) in [5.41, 5.74) is 1.90. The number of benzene rings is 1. The molecule has 7 heteroatoms. The first kappa shape index (κ1) is 15.2. The van der Waals surface area contributed by atoms with Crippen LogP contribution in [0.5, 0.6) is 0 Å². The van der Waals surface area contributed by atoms with Crippen molar-refractivity contribution in [3.8, 4) is 6.07 Å². The molecule has 0 saturated heterocycles. The standard InChI is InChI=1S/C14H16N4O2S/c1-11-3-4-12(8-15)7-14(11)21(19,20)17-6-5-13-9-16-18(2)10-13/h3-4,7,9-10,17H,5-6H2,1-2H3. The van der Waals surface area contributed by atoms with Gasteiger partial charge in [-0.25, -0.2) is 13.1 Å². The summed E-state index contributed by atoms with van der Waals surface area (Å²) in [6.45, 7) is 1.99. The first-order valence-electron chi connectivity index (χ1n) is 6.40. The highest BCUT2D eigenvalue weighted by molar-refractivity contribution is 7.89. The molecule has 1 heterocycles. The van der Waals surface area contributed by atoms with Gasteiger partial charge in [0.05, 0.1) is 22.7 Å². The van der Waals surface area contributed by atoms with Gasteiger partial charge in [0.25, 0.3) is 0 Å². The summed E-state index contributed by atoms with van der Waals surface area (Å²) in [6.07, 6.45) is 4.11. The number of aryl methyl sites for hydroxylation is 2. The second-order valence-corrected chi connectivity index (χ2v) is 6.50. The van der Waals surface area contributed by atoms with Crippen LogP contribution >= 0.6 is 0 Å². The number of sulfonamides is 1. The minimum Gasteiger partial charge on any atom is -0.276 e. The van der Waals surface area contributed by atoms with Crippen molar-refractivity contribution in [2.75, 3.05) is 6.54 Å². The molecule has 0 spiro atoms. The van der Waals surface area contributed by atoms with E-state index >= 15 is 0 Å². The quantitative estimate of drug-likeness (QED) is 0.896. The van der Waals surface area contributed by atoms with Gasteiger partial charge in [0, 0.05) is 19.8 Å². The Labute approximate surface area is 124 Å². The van der Waals surface area contributed by atoms with Crippen LogP contribution in [0.1, 0.15) is 16.7 Å². The van der Waals surface area contributed by atoms with Gasteiger partial charge in [0.1, 0.15) is 0 Å². The highest BCUT2D eigenvalue weighted by Crippen LogP contribution is 2.16. The molecule has 0 radical (unpaired) electrons. The highest BCUT2D eigenvalue weighted by Gasteiger charge is 2.17. The number of nitrogens with zero attached hydrogens (tertiary/aromatic N) is 3. The molecule has 0 amide bonds. The summed E-state index contributed by atoms with van der Waals surface area (Å²) in [5, 5.41) is 12.9. The molecule has 0 aliphatic heterocycles. The molecule has 0 atom stereocenters. The van der Waals surface area contributed by atoms with E-state index in [0.717, 1.165) is 5.56 Å². The number of hydrogen-bond donors (Lipinski definition) is 1. The van der Waals surface area contributed by atoms with E-state index in [2.05, 4.69) is 9.82 Å². The SMILES string of the molecule is Cc1ccc(C#N)cc1S(=O)(=O)NCCc1cnn(C)c1. The van der Waals surface area contributed by atoms with Gasteiger partial charge in [-0.05, 0) is 36.6 Å². The van der Waals surface area contributed by atoms with Crippen LogP contribution in [-0.4, -0.2) is 24.7 Å². The number of aromatic nitrogens is 2. The summed E-state index contributed by atoms with van der Waals surface area (Å²) < 4.78 is 28.8. The third-order valence-corrected chi connectivity index (χ3v) is 4.67. The Kier molecular flexibility index (Phi) is 4.40. The normalized spacial score (nSPS) is 11.3. The summed E-state index contributed by atoms with van der Waals surface area (Å²) >= 11 is 0. The van der Waals surface area contributed by atoms with Crippen LogP contribution in [0.15, 0.2) is 35.5 Å². The van der Waals surface area contributed by atoms with Crippen LogP contribution in [0.2, 0.25) is 0 Å². The van der Waals surface area contributed by atoms with Crippen molar-refractivity contribution in [1.29, 1.82) is 5.26 Å². The van der Waals surface area contributed by atoms with E-state index < -0.39 is 10.0 Å². The zero-order valence-electron chi connectivity index (χ0n) is 11.9. The number of rotatable bonds is 5. The molecule has 0 unspecified atom stereocenters. The van der Waals surface area contributed by atoms with Gasteiger partial charge in [-0.15, -0.1) is 0 Å². The Morgan fingerprint density at radius 2 is 2.19 bits per heavy atom. The van der Waals surface area contributed by atoms with E-state index in [1.165, 1.54) is 6.07 Å². The lowest BCUT2D eigenvalue weighted by Crippen LogP contribution is -2.26. The van der Waals surface area contributed by atoms with E-state index in [1.807, 2.05) is 19.3 Å². The molecule has 0 saturated carbocycles. The van der Waals surface area contributed by atoms with Crippen LogP contribution in [0.4, 0.5) is 0 Å². The zero-order valence-corrected chi connectivity index (χ0v) is 12.7. The Bertz CT molecular complexity index is 788. The van der Waals surface area contributed by atoms with Gasteiger partial charge in [-0.2, -0.15) is 10.4 Å². The van der Waals surface area contributed by atoms with Crippen molar-refractivity contribution in [3.05, 3.63) is 47.3 Å². The van der Waals surface area contributed by atoms with Crippen LogP contribution < -0.4 is 4.72 Å². The molecule has 110 valence electrons. The van der Waals surface area contributed by atoms with Gasteiger partial charge in [-0.1, -0.05) is 6.07 Å². The van der Waals surface area contributed by atoms with Crippen LogP contribution in [0, 0.1) is 18.3 Å². The number of nitriles is 1. The van der Waals surface area contributed by atoms with E-state index in [1.54, 1.807) is 29.9 Å². The molecule has 1 aromatic heterocycles. The van der Waals surface area contributed by atoms with Crippen LogP contribution in [-0.2, 0) is 23.5 Å². The van der Waals surface area contributed by atoms with E-state index in [-0.39, 0.29) is 11.4 Å². The Hall–Kier alpha value is -2.17. The van der Waals surface area contributed by atoms with Crippen molar-refractivity contribution in [2.45, 2.75) is 18.2 Å². The van der Waals surface area contributed by atoms with E-state index in [0.29, 0.717) is 17.5 Å². The second kappa shape index (κ2) is 6.08. The molecule has 1 N–H and O–H groups in total. The molecule has 21 heavy (non-hydrogen) atoms. The molecule has 0 aliphatic rings. The lowest BCUT2D eigenvalue weighted by molar-refractivity contribution is 0.581. The van der Waals surface area contributed by atoms with Crippen molar-refractivity contribution < 1.29 is 8.42 Å². The lowest BCUT2D eigenvalue weighted by atomic mass is 10.2. The predicted octanol–water partition coefficient (Wildman–Crippen LogP) is 1.12. The summed E-state index contributed by atoms with van der Waals surface area (Å²) in [7, 11) is -1.81. The Morgan fingerprint density at radius 3 is 2.81 bits per heavy atom. The van der Waals surface area contributed by atoms with E-state index in [9.17, 15) is 8.42 Å². The van der Waals surface area contributed by atoms with Crippen LogP contribution in [0.25, 0.3) is 0 Å². The average molecular weight is 304 g/mol. The lowest BCUT2D eigenvalue weighted by Gasteiger charge is -2.09. The maximum absolute atomic E-state index is 12.3. The Morgan fingerprint density at radius 1 is 1.43 bits per heavy atom.